The third kappa shape index (κ3) is 6.76. The summed E-state index contributed by atoms with van der Waals surface area (Å²) in [6.45, 7) is 3.48. The minimum absolute atomic E-state index is 0.0158. The van der Waals surface area contributed by atoms with E-state index in [1.165, 1.54) is 16.6 Å². The van der Waals surface area contributed by atoms with E-state index in [4.69, 9.17) is 4.74 Å². The zero-order valence-electron chi connectivity index (χ0n) is 23.4. The number of amides is 2. The van der Waals surface area contributed by atoms with Crippen molar-refractivity contribution in [3.63, 3.8) is 0 Å². The van der Waals surface area contributed by atoms with E-state index in [0.29, 0.717) is 41.9 Å². The quantitative estimate of drug-likeness (QED) is 0.208. The Morgan fingerprint density at radius 1 is 0.977 bits per heavy atom. The number of carbonyl (C=O) groups excluding carboxylic acids is 1. The number of nitrogens with one attached hydrogen (secondary N) is 1. The molecular formula is C30H28F6N4O3. The molecule has 0 aliphatic carbocycles. The number of ether oxygens (including phenoxy) is 1. The predicted molar refractivity (Wildman–Crippen MR) is 149 cm³/mol. The molecule has 228 valence electrons. The van der Waals surface area contributed by atoms with Gasteiger partial charge < -0.3 is 15.0 Å². The molecule has 4 rings (SSSR count). The number of anilines is 1. The van der Waals surface area contributed by atoms with E-state index in [9.17, 15) is 35.9 Å². The highest BCUT2D eigenvalue weighted by molar-refractivity contribution is 5.90. The molecule has 0 saturated heterocycles. The molecule has 43 heavy (non-hydrogen) atoms. The van der Waals surface area contributed by atoms with Gasteiger partial charge in [0.05, 0.1) is 40.9 Å². The van der Waals surface area contributed by atoms with E-state index in [0.717, 1.165) is 0 Å². The van der Waals surface area contributed by atoms with E-state index >= 15 is 0 Å². The highest BCUT2D eigenvalue weighted by atomic mass is 19.4. The van der Waals surface area contributed by atoms with Gasteiger partial charge in [0.15, 0.2) is 0 Å². The van der Waals surface area contributed by atoms with Gasteiger partial charge in [0, 0.05) is 12.2 Å². The summed E-state index contributed by atoms with van der Waals surface area (Å²) in [7, 11) is 1.42. The maximum atomic E-state index is 13.8. The average molecular weight is 607 g/mol. The van der Waals surface area contributed by atoms with Crippen molar-refractivity contribution in [2.45, 2.75) is 45.1 Å². The fourth-order valence-electron chi connectivity index (χ4n) is 4.64. The summed E-state index contributed by atoms with van der Waals surface area (Å²) in [6.07, 6.45) is -9.12. The number of fused-ring (bicyclic) bond motifs is 1. The van der Waals surface area contributed by atoms with E-state index in [1.54, 1.807) is 55.5 Å². The van der Waals surface area contributed by atoms with Crippen LogP contribution in [0.25, 0.3) is 16.6 Å². The number of aromatic nitrogens is 2. The van der Waals surface area contributed by atoms with E-state index in [1.807, 2.05) is 6.92 Å². The Morgan fingerprint density at radius 2 is 1.58 bits per heavy atom. The van der Waals surface area contributed by atoms with Crippen molar-refractivity contribution >= 4 is 22.6 Å². The molecule has 0 aliphatic heterocycles. The molecule has 1 atom stereocenters. The van der Waals surface area contributed by atoms with Gasteiger partial charge in [-0.1, -0.05) is 37.6 Å². The highest BCUT2D eigenvalue weighted by Crippen LogP contribution is 2.38. The van der Waals surface area contributed by atoms with Crippen molar-refractivity contribution in [1.82, 2.24) is 14.5 Å². The second-order valence-corrected chi connectivity index (χ2v) is 9.75. The Kier molecular flexibility index (Phi) is 9.02. The molecule has 0 fully saturated rings. The van der Waals surface area contributed by atoms with Crippen LogP contribution in [0.3, 0.4) is 0 Å². The third-order valence-electron chi connectivity index (χ3n) is 6.82. The second kappa shape index (κ2) is 12.4. The first-order chi connectivity index (χ1) is 20.3. The van der Waals surface area contributed by atoms with Gasteiger partial charge in [0.25, 0.3) is 5.56 Å². The van der Waals surface area contributed by atoms with Gasteiger partial charge in [-0.05, 0) is 55.8 Å². The largest absolute Gasteiger partial charge is 0.495 e. The number of unbranched alkanes of at least 4 members (excludes halogenated alkanes) is 1. The van der Waals surface area contributed by atoms with Gasteiger partial charge in [0.1, 0.15) is 11.6 Å². The van der Waals surface area contributed by atoms with Crippen LogP contribution < -0.4 is 15.6 Å². The molecule has 0 aliphatic rings. The SMILES string of the molecule is CCCCN(C(=O)Nc1cc(C(F)(F)F)cc(C(F)(F)F)c1)C(C)c1nc2ccccc2c(=O)n1-c1ccccc1OC. The van der Waals surface area contributed by atoms with Crippen LogP contribution in [0.4, 0.5) is 36.8 Å². The summed E-state index contributed by atoms with van der Waals surface area (Å²) < 4.78 is 87.4. The van der Waals surface area contributed by atoms with Crippen LogP contribution in [-0.4, -0.2) is 34.1 Å². The molecule has 1 unspecified atom stereocenters. The lowest BCUT2D eigenvalue weighted by Gasteiger charge is -2.31. The number of carbonyl (C=O) groups is 1. The van der Waals surface area contributed by atoms with Crippen molar-refractivity contribution in [3.8, 4) is 11.4 Å². The number of rotatable bonds is 8. The fraction of sp³-hybridized carbons (Fsp3) is 0.300. The van der Waals surface area contributed by atoms with Gasteiger partial charge in [-0.15, -0.1) is 0 Å². The molecule has 2 amide bonds. The van der Waals surface area contributed by atoms with E-state index in [2.05, 4.69) is 10.3 Å². The van der Waals surface area contributed by atoms with Crippen LogP contribution >= 0.6 is 0 Å². The summed E-state index contributed by atoms with van der Waals surface area (Å²) >= 11 is 0. The first kappa shape index (κ1) is 31.4. The number of benzene rings is 3. The molecule has 0 spiro atoms. The minimum Gasteiger partial charge on any atom is -0.495 e. The van der Waals surface area contributed by atoms with Crippen LogP contribution in [0.1, 0.15) is 49.7 Å². The molecular weight excluding hydrogens is 578 g/mol. The van der Waals surface area contributed by atoms with Gasteiger partial charge in [-0.25, -0.2) is 9.78 Å². The summed E-state index contributed by atoms with van der Waals surface area (Å²) in [4.78, 5) is 33.3. The molecule has 0 saturated carbocycles. The van der Waals surface area contributed by atoms with Crippen LogP contribution in [0.2, 0.25) is 0 Å². The number of methoxy groups -OCH3 is 1. The number of para-hydroxylation sites is 3. The zero-order valence-corrected chi connectivity index (χ0v) is 23.4. The van der Waals surface area contributed by atoms with Crippen molar-refractivity contribution < 1.29 is 35.9 Å². The van der Waals surface area contributed by atoms with Crippen molar-refractivity contribution in [2.75, 3.05) is 19.0 Å². The van der Waals surface area contributed by atoms with Crippen molar-refractivity contribution in [2.24, 2.45) is 0 Å². The molecule has 0 bridgehead atoms. The number of hydrogen-bond acceptors (Lipinski definition) is 4. The van der Waals surface area contributed by atoms with Gasteiger partial charge in [-0.2, -0.15) is 26.3 Å². The lowest BCUT2D eigenvalue weighted by molar-refractivity contribution is -0.143. The molecule has 13 heteroatoms. The average Bonchev–Trinajstić information content (AvgIpc) is 2.96. The van der Waals surface area contributed by atoms with Crippen molar-refractivity contribution in [1.29, 1.82) is 0 Å². The number of alkyl halides is 6. The van der Waals surface area contributed by atoms with E-state index in [-0.39, 0.29) is 23.8 Å². The molecule has 0 radical (unpaired) electrons. The van der Waals surface area contributed by atoms with Gasteiger partial charge in [-0.3, -0.25) is 9.36 Å². The van der Waals surface area contributed by atoms with Crippen LogP contribution in [-0.2, 0) is 12.4 Å². The smallest absolute Gasteiger partial charge is 0.416 e. The first-order valence-electron chi connectivity index (χ1n) is 13.3. The van der Waals surface area contributed by atoms with E-state index < -0.39 is 46.8 Å². The summed E-state index contributed by atoms with van der Waals surface area (Å²) in [5, 5.41) is 2.50. The van der Waals surface area contributed by atoms with Crippen molar-refractivity contribution in [3.05, 3.63) is 94.0 Å². The topological polar surface area (TPSA) is 76.5 Å². The Balaban J connectivity index is 1.85. The number of halogens is 6. The number of hydrogen-bond donors (Lipinski definition) is 1. The monoisotopic (exact) mass is 606 g/mol. The summed E-state index contributed by atoms with van der Waals surface area (Å²) in [5.74, 6) is 0.447. The molecule has 7 nitrogen and oxygen atoms in total. The lowest BCUT2D eigenvalue weighted by Crippen LogP contribution is -2.40. The molecule has 1 N–H and O–H groups in total. The molecule has 4 aromatic rings. The van der Waals surface area contributed by atoms with Gasteiger partial charge in [0.2, 0.25) is 0 Å². The predicted octanol–water partition coefficient (Wildman–Crippen LogP) is 7.83. The van der Waals surface area contributed by atoms with Crippen LogP contribution in [0.15, 0.2) is 71.5 Å². The highest BCUT2D eigenvalue weighted by Gasteiger charge is 2.37. The minimum atomic E-state index is -5.09. The molecule has 1 heterocycles. The Hall–Kier alpha value is -4.55. The normalized spacial score (nSPS) is 12.7. The lowest BCUT2D eigenvalue weighted by atomic mass is 10.1. The number of urea groups is 1. The summed E-state index contributed by atoms with van der Waals surface area (Å²) in [6, 6.07) is 12.2. The standard InChI is InChI=1S/C30H28F6N4O3/c1-4-5-14-39(28(42)37-21-16-19(29(31,32)33)15-20(17-21)30(34,35)36)18(2)26-38-23-11-7-6-10-22(23)27(41)40(26)24-12-8-9-13-25(24)43-3/h6-13,15-18H,4-5,14H2,1-3H3,(H,37,42). The first-order valence-corrected chi connectivity index (χ1v) is 13.3. The summed E-state index contributed by atoms with van der Waals surface area (Å²) in [5.41, 5.74) is -3.60. The molecule has 3 aromatic carbocycles. The third-order valence-corrected chi connectivity index (χ3v) is 6.82. The maximum absolute atomic E-state index is 13.8. The number of nitrogens with zero attached hydrogens (tertiary/aromatic N) is 3. The molecule has 1 aromatic heterocycles. The fourth-order valence-corrected chi connectivity index (χ4v) is 4.64. The van der Waals surface area contributed by atoms with Gasteiger partial charge >= 0.3 is 18.4 Å². The zero-order chi connectivity index (χ0) is 31.5. The Labute approximate surface area is 242 Å². The Bertz CT molecular complexity index is 1650. The maximum Gasteiger partial charge on any atom is 0.416 e. The Morgan fingerprint density at radius 3 is 2.19 bits per heavy atom. The van der Waals surface area contributed by atoms with Crippen LogP contribution in [0.5, 0.6) is 5.75 Å². The second-order valence-electron chi connectivity index (χ2n) is 9.75. The van der Waals surface area contributed by atoms with Crippen LogP contribution in [0, 0.1) is 0 Å².